The van der Waals surface area contributed by atoms with Crippen LogP contribution in [0.3, 0.4) is 0 Å². The minimum Gasteiger partial charge on any atom is -0.343 e. The fourth-order valence-corrected chi connectivity index (χ4v) is 6.65. The maximum absolute atomic E-state index is 14.0. The lowest BCUT2D eigenvalue weighted by Crippen LogP contribution is -2.56. The summed E-state index contributed by atoms with van der Waals surface area (Å²) in [5.74, 6) is -0.620. The van der Waals surface area contributed by atoms with Gasteiger partial charge in [0.15, 0.2) is 0 Å². The Labute approximate surface area is 248 Å². The number of amides is 2. The van der Waals surface area contributed by atoms with E-state index in [1.54, 1.807) is 14.0 Å². The van der Waals surface area contributed by atoms with Crippen LogP contribution in [-0.2, 0) is 27.4 Å². The number of halogens is 6. The summed E-state index contributed by atoms with van der Waals surface area (Å²) in [7, 11) is 1.60. The lowest BCUT2D eigenvalue weighted by Gasteiger charge is -2.48. The zero-order chi connectivity index (χ0) is 31.9. The number of benzene rings is 2. The number of alkyl halides is 6. The minimum absolute atomic E-state index is 0.0563. The Morgan fingerprint density at radius 2 is 1.37 bits per heavy atom. The molecule has 236 valence electrons. The van der Waals surface area contributed by atoms with Crippen molar-refractivity contribution in [2.75, 3.05) is 33.2 Å². The van der Waals surface area contributed by atoms with Gasteiger partial charge in [0.2, 0.25) is 11.8 Å². The van der Waals surface area contributed by atoms with E-state index in [-0.39, 0.29) is 35.5 Å². The number of likely N-dealkylation sites (tertiary alicyclic amines) is 2. The topological polar surface area (TPSA) is 43.9 Å². The number of hydrogen-bond acceptors (Lipinski definition) is 3. The van der Waals surface area contributed by atoms with Gasteiger partial charge in [-0.15, -0.1) is 0 Å². The number of aryl methyl sites for hydroxylation is 1. The van der Waals surface area contributed by atoms with Crippen molar-refractivity contribution >= 4 is 11.8 Å². The third-order valence-corrected chi connectivity index (χ3v) is 9.28. The molecule has 0 N–H and O–H groups in total. The number of likely N-dealkylation sites (N-methyl/N-ethyl adjacent to an activating group) is 1. The molecule has 5 nitrogen and oxygen atoms in total. The largest absolute Gasteiger partial charge is 0.416 e. The molecule has 11 heteroatoms. The molecule has 0 aliphatic carbocycles. The van der Waals surface area contributed by atoms with E-state index in [0.717, 1.165) is 24.0 Å². The first kappa shape index (κ1) is 32.8. The number of hydrogen-bond donors (Lipinski definition) is 0. The zero-order valence-corrected chi connectivity index (χ0v) is 25.1. The lowest BCUT2D eigenvalue weighted by atomic mass is 9.78. The molecule has 4 rings (SSSR count). The van der Waals surface area contributed by atoms with Gasteiger partial charge in [-0.3, -0.25) is 14.5 Å². The predicted molar refractivity (Wildman–Crippen MR) is 151 cm³/mol. The Kier molecular flexibility index (Phi) is 9.26. The van der Waals surface area contributed by atoms with Crippen LogP contribution >= 0.6 is 0 Å². The molecule has 0 bridgehead atoms. The molecule has 2 saturated heterocycles. The van der Waals surface area contributed by atoms with Crippen LogP contribution in [0.1, 0.15) is 73.8 Å². The second-order valence-corrected chi connectivity index (χ2v) is 12.4. The van der Waals surface area contributed by atoms with Gasteiger partial charge in [-0.1, -0.05) is 24.3 Å². The Morgan fingerprint density at radius 3 is 1.88 bits per heavy atom. The van der Waals surface area contributed by atoms with Crippen molar-refractivity contribution in [3.8, 4) is 0 Å². The van der Waals surface area contributed by atoms with Crippen LogP contribution in [0.25, 0.3) is 0 Å². The van der Waals surface area contributed by atoms with Crippen LogP contribution in [0.15, 0.2) is 42.5 Å². The van der Waals surface area contributed by atoms with Gasteiger partial charge >= 0.3 is 12.4 Å². The Bertz CT molecular complexity index is 1300. The number of piperidine rings is 2. The third kappa shape index (κ3) is 7.02. The van der Waals surface area contributed by atoms with Crippen molar-refractivity contribution < 1.29 is 35.9 Å². The van der Waals surface area contributed by atoms with Crippen molar-refractivity contribution in [1.82, 2.24) is 14.7 Å². The zero-order valence-electron chi connectivity index (χ0n) is 25.1. The van der Waals surface area contributed by atoms with E-state index in [0.29, 0.717) is 44.7 Å². The molecular weight excluding hydrogens is 572 g/mol. The van der Waals surface area contributed by atoms with Gasteiger partial charge in [0.25, 0.3) is 0 Å². The molecule has 2 aromatic carbocycles. The molecular formula is C32H39F6N3O2. The van der Waals surface area contributed by atoms with Gasteiger partial charge in [-0.2, -0.15) is 26.3 Å². The Hall–Kier alpha value is -3.08. The molecule has 2 fully saturated rings. The molecule has 2 amide bonds. The van der Waals surface area contributed by atoms with Crippen LogP contribution < -0.4 is 0 Å². The minimum atomic E-state index is -5.01. The van der Waals surface area contributed by atoms with Crippen LogP contribution in [-0.4, -0.2) is 71.8 Å². The number of nitrogens with zero attached hydrogens (tertiary/aromatic N) is 3. The van der Waals surface area contributed by atoms with E-state index in [1.807, 2.05) is 36.1 Å². The molecule has 2 aliphatic rings. The van der Waals surface area contributed by atoms with Gasteiger partial charge in [0.05, 0.1) is 16.5 Å². The number of carbonyl (C=O) groups excluding carboxylic acids is 2. The SMILES string of the molecule is CC(=O)N1CCC(N2CC[C@H](N(C)C(=O)C(C)(C)c3cc(C(F)(F)F)cc(C(F)(F)F)c3)[C@@H](c3ccccc3C)C2)CC1. The van der Waals surface area contributed by atoms with Crippen molar-refractivity contribution in [1.29, 1.82) is 0 Å². The van der Waals surface area contributed by atoms with Gasteiger partial charge < -0.3 is 9.80 Å². The fraction of sp³-hybridized carbons (Fsp3) is 0.562. The molecule has 0 spiro atoms. The summed E-state index contributed by atoms with van der Waals surface area (Å²) in [6.07, 6.45) is -7.76. The fourth-order valence-electron chi connectivity index (χ4n) is 6.65. The molecule has 0 unspecified atom stereocenters. The highest BCUT2D eigenvalue weighted by Gasteiger charge is 2.44. The highest BCUT2D eigenvalue weighted by molar-refractivity contribution is 5.87. The summed E-state index contributed by atoms with van der Waals surface area (Å²) >= 11 is 0. The van der Waals surface area contributed by atoms with E-state index in [1.165, 1.54) is 18.7 Å². The first-order valence-corrected chi connectivity index (χ1v) is 14.5. The van der Waals surface area contributed by atoms with Crippen LogP contribution in [0.2, 0.25) is 0 Å². The maximum atomic E-state index is 14.0. The second-order valence-electron chi connectivity index (χ2n) is 12.4. The Balaban J connectivity index is 1.64. The molecule has 0 radical (unpaired) electrons. The molecule has 2 atom stereocenters. The summed E-state index contributed by atoms with van der Waals surface area (Å²) in [5, 5.41) is 0. The highest BCUT2D eigenvalue weighted by atomic mass is 19.4. The van der Waals surface area contributed by atoms with Crippen molar-refractivity contribution in [2.45, 2.75) is 82.7 Å². The van der Waals surface area contributed by atoms with Gasteiger partial charge in [-0.25, -0.2) is 0 Å². The van der Waals surface area contributed by atoms with Crippen molar-refractivity contribution in [3.63, 3.8) is 0 Å². The first-order valence-electron chi connectivity index (χ1n) is 14.5. The molecule has 0 saturated carbocycles. The van der Waals surface area contributed by atoms with Gasteiger partial charge in [-0.05, 0) is 74.9 Å². The van der Waals surface area contributed by atoms with E-state index >= 15 is 0 Å². The summed E-state index contributed by atoms with van der Waals surface area (Å²) in [6, 6.07) is 9.18. The first-order chi connectivity index (χ1) is 19.9. The summed E-state index contributed by atoms with van der Waals surface area (Å²) in [4.78, 5) is 31.6. The summed E-state index contributed by atoms with van der Waals surface area (Å²) < 4.78 is 81.7. The van der Waals surface area contributed by atoms with E-state index in [4.69, 9.17) is 0 Å². The highest BCUT2D eigenvalue weighted by Crippen LogP contribution is 2.41. The van der Waals surface area contributed by atoms with Crippen LogP contribution in [0, 0.1) is 6.92 Å². The molecule has 2 aliphatic heterocycles. The molecule has 2 aromatic rings. The monoisotopic (exact) mass is 611 g/mol. The normalized spacial score (nSPS) is 21.1. The average Bonchev–Trinajstić information content (AvgIpc) is 2.95. The third-order valence-electron chi connectivity index (χ3n) is 9.28. The molecule has 43 heavy (non-hydrogen) atoms. The van der Waals surface area contributed by atoms with Gasteiger partial charge in [0, 0.05) is 58.2 Å². The number of rotatable bonds is 5. The second kappa shape index (κ2) is 12.1. The van der Waals surface area contributed by atoms with E-state index < -0.39 is 34.8 Å². The lowest BCUT2D eigenvalue weighted by molar-refractivity contribution is -0.144. The Morgan fingerprint density at radius 1 is 0.837 bits per heavy atom. The molecule has 0 aromatic heterocycles. The smallest absolute Gasteiger partial charge is 0.343 e. The van der Waals surface area contributed by atoms with E-state index in [9.17, 15) is 35.9 Å². The number of carbonyl (C=O) groups is 2. The summed E-state index contributed by atoms with van der Waals surface area (Å²) in [5.41, 5.74) is -2.80. The summed E-state index contributed by atoms with van der Waals surface area (Å²) in [6.45, 7) is 8.99. The van der Waals surface area contributed by atoms with Gasteiger partial charge in [0.1, 0.15) is 0 Å². The van der Waals surface area contributed by atoms with Crippen molar-refractivity contribution in [3.05, 3.63) is 70.3 Å². The predicted octanol–water partition coefficient (Wildman–Crippen LogP) is 6.64. The standard InChI is InChI=1S/C32H39F6N3O2/c1-20-8-6-7-9-26(20)27-19-41(25-10-13-40(14-11-25)21(2)42)15-12-28(27)39(5)29(43)30(3,4)22-16-23(31(33,34)35)18-24(17-22)32(36,37)38/h6-9,16-18,25,27-28H,10-15,19H2,1-5H3/t27-,28+/m1/s1. The maximum Gasteiger partial charge on any atom is 0.416 e. The van der Waals surface area contributed by atoms with Crippen LogP contribution in [0.4, 0.5) is 26.3 Å². The average molecular weight is 612 g/mol. The van der Waals surface area contributed by atoms with Crippen molar-refractivity contribution in [2.24, 2.45) is 0 Å². The molecule has 2 heterocycles. The quantitative estimate of drug-likeness (QED) is 0.357. The van der Waals surface area contributed by atoms with E-state index in [2.05, 4.69) is 4.90 Å². The van der Waals surface area contributed by atoms with Crippen LogP contribution in [0.5, 0.6) is 0 Å².